The van der Waals surface area contributed by atoms with Crippen molar-refractivity contribution in [2.75, 3.05) is 11.4 Å². The minimum absolute atomic E-state index is 0.00195. The number of benzene rings is 2. The van der Waals surface area contributed by atoms with Crippen LogP contribution < -0.4 is 10.6 Å². The van der Waals surface area contributed by atoms with Crippen LogP contribution in [0.3, 0.4) is 0 Å². The van der Waals surface area contributed by atoms with Crippen molar-refractivity contribution in [1.82, 2.24) is 0 Å². The van der Waals surface area contributed by atoms with Crippen molar-refractivity contribution in [2.45, 2.75) is 51.2 Å². The molecule has 3 N–H and O–H groups in total. The van der Waals surface area contributed by atoms with Crippen molar-refractivity contribution in [2.24, 2.45) is 11.7 Å². The maximum Gasteiger partial charge on any atom is 0.490 e. The molecule has 0 aliphatic carbocycles. The van der Waals surface area contributed by atoms with Gasteiger partial charge >= 0.3 is 12.1 Å². The molecule has 0 saturated carbocycles. The third-order valence-corrected chi connectivity index (χ3v) is 5.87. The van der Waals surface area contributed by atoms with Crippen molar-refractivity contribution < 1.29 is 32.7 Å². The van der Waals surface area contributed by atoms with Gasteiger partial charge in [0.15, 0.2) is 0 Å². The summed E-state index contributed by atoms with van der Waals surface area (Å²) in [7, 11) is 0. The van der Waals surface area contributed by atoms with Gasteiger partial charge in [0.1, 0.15) is 5.78 Å². The lowest BCUT2D eigenvalue weighted by Gasteiger charge is -2.17. The molecule has 2 aromatic carbocycles. The van der Waals surface area contributed by atoms with Crippen LogP contribution in [-0.2, 0) is 27.2 Å². The number of amides is 1. The Labute approximate surface area is 208 Å². The number of ketones is 1. The number of aliphatic carboxylic acids is 1. The number of nitrogens with two attached hydrogens (primary N) is 1. The predicted octanol–water partition coefficient (Wildman–Crippen LogP) is 4.71. The number of nitrogens with zero attached hydrogens (tertiary/aromatic N) is 1. The van der Waals surface area contributed by atoms with Crippen LogP contribution in [0.15, 0.2) is 66.7 Å². The molecule has 1 aliphatic heterocycles. The van der Waals surface area contributed by atoms with E-state index in [1.807, 2.05) is 54.3 Å². The van der Waals surface area contributed by atoms with Gasteiger partial charge in [-0.2, -0.15) is 13.2 Å². The van der Waals surface area contributed by atoms with E-state index in [2.05, 4.69) is 18.2 Å². The minimum atomic E-state index is -5.08. The zero-order valence-corrected chi connectivity index (χ0v) is 20.1. The second-order valence-electron chi connectivity index (χ2n) is 8.50. The Balaban J connectivity index is 0.000000572. The number of alkyl halides is 3. The maximum absolute atomic E-state index is 12.8. The summed E-state index contributed by atoms with van der Waals surface area (Å²) in [6.45, 7) is 2.63. The Morgan fingerprint density at radius 2 is 1.69 bits per heavy atom. The van der Waals surface area contributed by atoms with Crippen LogP contribution >= 0.6 is 0 Å². The number of carboxylic acid groups (broad SMARTS) is 1. The second kappa shape index (κ2) is 13.6. The second-order valence-corrected chi connectivity index (χ2v) is 8.50. The largest absolute Gasteiger partial charge is 0.490 e. The van der Waals surface area contributed by atoms with Crippen LogP contribution in [0, 0.1) is 5.92 Å². The lowest BCUT2D eigenvalue weighted by atomic mass is 9.91. The lowest BCUT2D eigenvalue weighted by Crippen LogP contribution is -2.31. The third kappa shape index (κ3) is 8.96. The highest BCUT2D eigenvalue weighted by Gasteiger charge is 2.38. The highest BCUT2D eigenvalue weighted by molar-refractivity contribution is 6.02. The first-order valence-electron chi connectivity index (χ1n) is 11.7. The number of para-hydroxylation sites is 1. The molecule has 36 heavy (non-hydrogen) atoms. The van der Waals surface area contributed by atoms with Gasteiger partial charge < -0.3 is 15.7 Å². The molecule has 0 unspecified atom stereocenters. The van der Waals surface area contributed by atoms with Gasteiger partial charge in [0.25, 0.3) is 5.91 Å². The fourth-order valence-corrected chi connectivity index (χ4v) is 3.78. The van der Waals surface area contributed by atoms with E-state index < -0.39 is 18.2 Å². The summed E-state index contributed by atoms with van der Waals surface area (Å²) in [5.41, 5.74) is 9.37. The van der Waals surface area contributed by atoms with E-state index in [1.54, 1.807) is 6.08 Å². The summed E-state index contributed by atoms with van der Waals surface area (Å²) in [6.07, 6.45) is 2.05. The van der Waals surface area contributed by atoms with Crippen molar-refractivity contribution in [1.29, 1.82) is 0 Å². The molecule has 1 aliphatic rings. The van der Waals surface area contributed by atoms with Gasteiger partial charge in [-0.15, -0.1) is 0 Å². The minimum Gasteiger partial charge on any atom is -0.475 e. The van der Waals surface area contributed by atoms with Crippen LogP contribution in [0.1, 0.15) is 37.3 Å². The molecule has 0 fully saturated rings. The van der Waals surface area contributed by atoms with Gasteiger partial charge in [-0.3, -0.25) is 9.59 Å². The van der Waals surface area contributed by atoms with E-state index in [9.17, 15) is 22.8 Å². The Kier molecular flexibility index (Phi) is 10.9. The van der Waals surface area contributed by atoms with Crippen LogP contribution in [-0.4, -0.2) is 41.5 Å². The topological polar surface area (TPSA) is 101 Å². The first kappa shape index (κ1) is 28.8. The Morgan fingerprint density at radius 3 is 2.31 bits per heavy atom. The summed E-state index contributed by atoms with van der Waals surface area (Å²) in [4.78, 5) is 35.9. The smallest absolute Gasteiger partial charge is 0.475 e. The number of halogens is 3. The number of rotatable bonds is 9. The van der Waals surface area contributed by atoms with Crippen LogP contribution in [0.2, 0.25) is 0 Å². The number of hydrogen-bond donors (Lipinski definition) is 2. The van der Waals surface area contributed by atoms with E-state index in [4.69, 9.17) is 15.6 Å². The Bertz CT molecular complexity index is 1050. The van der Waals surface area contributed by atoms with Gasteiger partial charge in [0, 0.05) is 18.7 Å². The SMILES string of the molecule is CC[C@H](N)C(=O)C[C@H](/C=C/C(=O)N1CCc2ccccc21)CCc1ccccc1.O=C(O)C(F)(F)F. The van der Waals surface area contributed by atoms with E-state index >= 15 is 0 Å². The van der Waals surface area contributed by atoms with Crippen LogP contribution in [0.25, 0.3) is 0 Å². The first-order valence-corrected chi connectivity index (χ1v) is 11.7. The van der Waals surface area contributed by atoms with Gasteiger partial charge in [-0.1, -0.05) is 61.5 Å². The molecular formula is C27H31F3N2O4. The predicted molar refractivity (Wildman–Crippen MR) is 131 cm³/mol. The molecular weight excluding hydrogens is 473 g/mol. The molecule has 3 rings (SSSR count). The number of carbonyl (C=O) groups excluding carboxylic acids is 2. The molecule has 1 heterocycles. The molecule has 0 radical (unpaired) electrons. The summed E-state index contributed by atoms with van der Waals surface area (Å²) < 4.78 is 31.7. The average Bonchev–Trinajstić information content (AvgIpc) is 3.29. The third-order valence-electron chi connectivity index (χ3n) is 5.87. The molecule has 0 saturated heterocycles. The van der Waals surface area contributed by atoms with E-state index in [0.29, 0.717) is 19.4 Å². The molecule has 6 nitrogen and oxygen atoms in total. The summed E-state index contributed by atoms with van der Waals surface area (Å²) >= 11 is 0. The van der Waals surface area contributed by atoms with Crippen molar-refractivity contribution in [3.8, 4) is 0 Å². The lowest BCUT2D eigenvalue weighted by molar-refractivity contribution is -0.192. The van der Waals surface area contributed by atoms with Crippen molar-refractivity contribution in [3.63, 3.8) is 0 Å². The molecule has 0 bridgehead atoms. The number of hydrogen-bond acceptors (Lipinski definition) is 4. The normalized spacial score (nSPS) is 14.5. The van der Waals surface area contributed by atoms with Gasteiger partial charge in [0.05, 0.1) is 6.04 Å². The number of fused-ring (bicyclic) bond motifs is 1. The average molecular weight is 505 g/mol. The quantitative estimate of drug-likeness (QED) is 0.482. The number of anilines is 1. The van der Waals surface area contributed by atoms with Gasteiger partial charge in [-0.05, 0) is 54.9 Å². The maximum atomic E-state index is 12.8. The zero-order valence-electron chi connectivity index (χ0n) is 20.1. The van der Waals surface area contributed by atoms with Crippen LogP contribution in [0.4, 0.5) is 18.9 Å². The van der Waals surface area contributed by atoms with E-state index in [0.717, 1.165) is 24.9 Å². The Hall–Kier alpha value is -3.46. The number of allylic oxidation sites excluding steroid dienone is 1. The molecule has 1 amide bonds. The summed E-state index contributed by atoms with van der Waals surface area (Å²) in [5, 5.41) is 7.12. The van der Waals surface area contributed by atoms with E-state index in [1.165, 1.54) is 11.1 Å². The van der Waals surface area contributed by atoms with E-state index in [-0.39, 0.29) is 17.6 Å². The number of carboxylic acids is 1. The molecule has 2 aromatic rings. The van der Waals surface area contributed by atoms with Gasteiger partial charge in [-0.25, -0.2) is 4.79 Å². The first-order chi connectivity index (χ1) is 17.0. The molecule has 0 spiro atoms. The molecule has 2 atom stereocenters. The molecule has 0 aromatic heterocycles. The fraction of sp³-hybridized carbons (Fsp3) is 0.370. The molecule has 9 heteroatoms. The Morgan fingerprint density at radius 1 is 1.08 bits per heavy atom. The van der Waals surface area contributed by atoms with Crippen LogP contribution in [0.5, 0.6) is 0 Å². The van der Waals surface area contributed by atoms with Crippen molar-refractivity contribution in [3.05, 3.63) is 77.9 Å². The monoisotopic (exact) mass is 504 g/mol. The van der Waals surface area contributed by atoms with Gasteiger partial charge in [0.2, 0.25) is 0 Å². The number of carbonyl (C=O) groups is 3. The molecule has 194 valence electrons. The number of Topliss-reactive ketones (excluding diaryl/α,β-unsaturated/α-hetero) is 1. The number of aryl methyl sites for hydroxylation is 1. The summed E-state index contributed by atoms with van der Waals surface area (Å²) in [5.74, 6) is -2.71. The van der Waals surface area contributed by atoms with Crippen molar-refractivity contribution >= 4 is 23.3 Å². The highest BCUT2D eigenvalue weighted by atomic mass is 19.4. The zero-order chi connectivity index (χ0) is 26.7. The highest BCUT2D eigenvalue weighted by Crippen LogP contribution is 2.28. The fourth-order valence-electron chi connectivity index (χ4n) is 3.78. The summed E-state index contributed by atoms with van der Waals surface area (Å²) in [6, 6.07) is 17.8. The standard InChI is InChI=1S/C25H30N2O2.C2HF3O2/c1-2-22(26)24(28)18-20(13-12-19-8-4-3-5-9-19)14-15-25(29)27-17-16-21-10-6-7-11-23(21)27;3-2(4,5)1(6)7/h3-11,14-15,20,22H,2,12-13,16-18,26H2,1H3;(H,6,7)/b15-14+;/t20-,22-;/m0./s1.